The van der Waals surface area contributed by atoms with Crippen molar-refractivity contribution in [2.24, 2.45) is 5.92 Å². The van der Waals surface area contributed by atoms with E-state index in [1.165, 1.54) is 12.1 Å². The lowest BCUT2D eigenvalue weighted by atomic mass is 9.89. The van der Waals surface area contributed by atoms with Crippen LogP contribution >= 0.6 is 0 Å². The van der Waals surface area contributed by atoms with E-state index < -0.39 is 0 Å². The predicted molar refractivity (Wildman–Crippen MR) is 112 cm³/mol. The maximum absolute atomic E-state index is 13.0. The van der Waals surface area contributed by atoms with Crippen LogP contribution in [0.3, 0.4) is 0 Å². The van der Waals surface area contributed by atoms with E-state index in [0.29, 0.717) is 18.5 Å². The molecule has 0 amide bonds. The summed E-state index contributed by atoms with van der Waals surface area (Å²) in [5.74, 6) is -0.106. The molecule has 0 N–H and O–H groups in total. The lowest BCUT2D eigenvalue weighted by molar-refractivity contribution is -0.120. The van der Waals surface area contributed by atoms with Crippen LogP contribution < -0.4 is 0 Å². The van der Waals surface area contributed by atoms with Gasteiger partial charge in [-0.25, -0.2) is 4.39 Å². The van der Waals surface area contributed by atoms with E-state index in [0.717, 1.165) is 55.4 Å². The first-order valence-electron chi connectivity index (χ1n) is 10.5. The molecule has 3 aromatic rings. The summed E-state index contributed by atoms with van der Waals surface area (Å²) >= 11 is 0. The van der Waals surface area contributed by atoms with Crippen molar-refractivity contribution < 1.29 is 18.5 Å². The van der Waals surface area contributed by atoms with Crippen molar-refractivity contribution in [1.82, 2.24) is 10.1 Å². The van der Waals surface area contributed by atoms with Gasteiger partial charge in [0, 0.05) is 23.3 Å². The molecule has 1 aliphatic heterocycles. The van der Waals surface area contributed by atoms with Gasteiger partial charge in [-0.05, 0) is 75.2 Å². The molecule has 0 bridgehead atoms. The predicted octanol–water partition coefficient (Wildman–Crippen LogP) is 4.45. The number of ketones is 2. The molecule has 30 heavy (non-hydrogen) atoms. The minimum atomic E-state index is -0.336. The number of rotatable bonds is 8. The van der Waals surface area contributed by atoms with Crippen molar-refractivity contribution in [3.05, 3.63) is 65.6 Å². The first kappa shape index (κ1) is 20.4. The normalized spacial score (nSPS) is 15.5. The van der Waals surface area contributed by atoms with Crippen molar-refractivity contribution in [1.29, 1.82) is 0 Å². The van der Waals surface area contributed by atoms with Crippen LogP contribution in [-0.2, 0) is 11.2 Å². The lowest BCUT2D eigenvalue weighted by Crippen LogP contribution is -2.39. The molecule has 1 aromatic heterocycles. The van der Waals surface area contributed by atoms with Gasteiger partial charge in [0.2, 0.25) is 0 Å². The summed E-state index contributed by atoms with van der Waals surface area (Å²) in [6.45, 7) is 1.89. The minimum Gasteiger partial charge on any atom is -0.356 e. The Morgan fingerprint density at radius 1 is 1.07 bits per heavy atom. The Bertz CT molecular complexity index is 1020. The number of fused-ring (bicyclic) bond motifs is 1. The molecule has 2 heterocycles. The summed E-state index contributed by atoms with van der Waals surface area (Å²) in [5.41, 5.74) is 2.24. The van der Waals surface area contributed by atoms with E-state index in [4.69, 9.17) is 4.52 Å². The van der Waals surface area contributed by atoms with Crippen LogP contribution in [-0.4, -0.2) is 41.3 Å². The number of carbonyl (C=O) groups excluding carboxylic acids is 2. The molecule has 1 fully saturated rings. The smallest absolute Gasteiger partial charge is 0.167 e. The highest BCUT2D eigenvalue weighted by atomic mass is 19.1. The number of likely N-dealkylation sites (tertiary alicyclic amines) is 1. The summed E-state index contributed by atoms with van der Waals surface area (Å²) < 4.78 is 18.4. The molecule has 4 rings (SSSR count). The van der Waals surface area contributed by atoms with Crippen molar-refractivity contribution in [3.63, 3.8) is 0 Å². The lowest BCUT2D eigenvalue weighted by Gasteiger charge is -2.30. The Labute approximate surface area is 174 Å². The second-order valence-corrected chi connectivity index (χ2v) is 7.94. The van der Waals surface area contributed by atoms with Crippen molar-refractivity contribution >= 4 is 22.5 Å². The molecule has 0 radical (unpaired) electrons. The standard InChI is InChI=1S/C24H25FN2O3/c25-19-10-8-17(9-11-19)24(29)18-12-14-27(15-13-18)16-20(28)4-3-6-22-21-5-1-2-7-23(21)30-26-22/h1-2,5,7-11,18H,3-4,6,12-16H2. The van der Waals surface area contributed by atoms with Crippen LogP contribution in [0.15, 0.2) is 53.1 Å². The highest BCUT2D eigenvalue weighted by molar-refractivity contribution is 5.97. The number of hydrogen-bond acceptors (Lipinski definition) is 5. The molecule has 5 nitrogen and oxygen atoms in total. The molecule has 0 atom stereocenters. The molecule has 1 saturated heterocycles. The summed E-state index contributed by atoms with van der Waals surface area (Å²) in [6, 6.07) is 13.5. The third kappa shape index (κ3) is 4.82. The quantitative estimate of drug-likeness (QED) is 0.515. The summed E-state index contributed by atoms with van der Waals surface area (Å²) in [6.07, 6.45) is 3.43. The number of aryl methyl sites for hydroxylation is 1. The van der Waals surface area contributed by atoms with Gasteiger partial charge in [0.25, 0.3) is 0 Å². The van der Waals surface area contributed by atoms with Crippen molar-refractivity contribution in [2.45, 2.75) is 32.1 Å². The van der Waals surface area contributed by atoms with Crippen LogP contribution in [0, 0.1) is 11.7 Å². The average Bonchev–Trinajstić information content (AvgIpc) is 3.17. The maximum Gasteiger partial charge on any atom is 0.167 e. The SMILES string of the molecule is O=C(CCCc1noc2ccccc12)CN1CCC(C(=O)c2ccc(F)cc2)CC1. The Kier molecular flexibility index (Phi) is 6.33. The molecule has 2 aromatic carbocycles. The summed E-state index contributed by atoms with van der Waals surface area (Å²) in [7, 11) is 0. The van der Waals surface area contributed by atoms with Crippen molar-refractivity contribution in [2.75, 3.05) is 19.6 Å². The topological polar surface area (TPSA) is 63.4 Å². The maximum atomic E-state index is 13.0. The monoisotopic (exact) mass is 408 g/mol. The Balaban J connectivity index is 1.20. The molecule has 0 saturated carbocycles. The van der Waals surface area contributed by atoms with E-state index in [1.54, 1.807) is 12.1 Å². The molecule has 1 aliphatic rings. The van der Waals surface area contributed by atoms with Crippen LogP contribution in [0.2, 0.25) is 0 Å². The highest BCUT2D eigenvalue weighted by Crippen LogP contribution is 2.23. The average molecular weight is 408 g/mol. The summed E-state index contributed by atoms with van der Waals surface area (Å²) in [4.78, 5) is 27.1. The van der Waals surface area contributed by atoms with Gasteiger partial charge in [0.1, 0.15) is 11.6 Å². The van der Waals surface area contributed by atoms with Crippen LogP contribution in [0.25, 0.3) is 11.0 Å². The van der Waals surface area contributed by atoms with Gasteiger partial charge >= 0.3 is 0 Å². The van der Waals surface area contributed by atoms with E-state index in [2.05, 4.69) is 10.1 Å². The number of hydrogen-bond donors (Lipinski definition) is 0. The third-order valence-corrected chi connectivity index (χ3v) is 5.81. The zero-order valence-corrected chi connectivity index (χ0v) is 16.9. The van der Waals surface area contributed by atoms with Gasteiger partial charge in [0.05, 0.1) is 12.2 Å². The number of para-hydroxylation sites is 1. The number of carbonyl (C=O) groups is 2. The van der Waals surface area contributed by atoms with E-state index in [-0.39, 0.29) is 23.3 Å². The van der Waals surface area contributed by atoms with Gasteiger partial charge < -0.3 is 4.52 Å². The van der Waals surface area contributed by atoms with Crippen LogP contribution in [0.4, 0.5) is 4.39 Å². The van der Waals surface area contributed by atoms with Gasteiger partial charge in [-0.1, -0.05) is 17.3 Å². The minimum absolute atomic E-state index is 0.0535. The first-order chi connectivity index (χ1) is 14.6. The molecule has 156 valence electrons. The number of benzene rings is 2. The van der Waals surface area contributed by atoms with Gasteiger partial charge in [-0.3, -0.25) is 14.5 Å². The van der Waals surface area contributed by atoms with E-state index in [1.807, 2.05) is 24.3 Å². The Hall–Kier alpha value is -2.86. The third-order valence-electron chi connectivity index (χ3n) is 5.81. The van der Waals surface area contributed by atoms with E-state index in [9.17, 15) is 14.0 Å². The summed E-state index contributed by atoms with van der Waals surface area (Å²) in [5, 5.41) is 5.12. The second kappa shape index (κ2) is 9.30. The fourth-order valence-electron chi connectivity index (χ4n) is 4.10. The molecule has 6 heteroatoms. The van der Waals surface area contributed by atoms with Gasteiger partial charge in [0.15, 0.2) is 11.4 Å². The van der Waals surface area contributed by atoms with Gasteiger partial charge in [-0.2, -0.15) is 0 Å². The van der Waals surface area contributed by atoms with Crippen LogP contribution in [0.1, 0.15) is 41.7 Å². The second-order valence-electron chi connectivity index (χ2n) is 7.94. The first-order valence-corrected chi connectivity index (χ1v) is 10.5. The Morgan fingerprint density at radius 3 is 2.57 bits per heavy atom. The number of piperidine rings is 1. The van der Waals surface area contributed by atoms with Crippen molar-refractivity contribution in [3.8, 4) is 0 Å². The Morgan fingerprint density at radius 2 is 1.80 bits per heavy atom. The fourth-order valence-corrected chi connectivity index (χ4v) is 4.10. The number of Topliss-reactive ketones (excluding diaryl/α,β-unsaturated/α-hetero) is 2. The molecule has 0 spiro atoms. The largest absolute Gasteiger partial charge is 0.356 e. The molecule has 0 aliphatic carbocycles. The van der Waals surface area contributed by atoms with Crippen LogP contribution in [0.5, 0.6) is 0 Å². The number of nitrogens with zero attached hydrogens (tertiary/aromatic N) is 2. The number of aromatic nitrogens is 1. The van der Waals surface area contributed by atoms with Gasteiger partial charge in [-0.15, -0.1) is 0 Å². The van der Waals surface area contributed by atoms with E-state index >= 15 is 0 Å². The highest BCUT2D eigenvalue weighted by Gasteiger charge is 2.26. The molecular weight excluding hydrogens is 383 g/mol. The number of halogens is 1. The zero-order chi connectivity index (χ0) is 20.9. The molecule has 0 unspecified atom stereocenters. The zero-order valence-electron chi connectivity index (χ0n) is 16.9. The molecular formula is C24H25FN2O3. The fraction of sp³-hybridized carbons (Fsp3) is 0.375.